The largest absolute Gasteiger partial charge is 0.342 e. The van der Waals surface area contributed by atoms with Gasteiger partial charge in [-0.2, -0.15) is 0 Å². The van der Waals surface area contributed by atoms with Crippen LogP contribution in [0.1, 0.15) is 49.4 Å². The molecular weight excluding hydrogens is 362 g/mol. The number of anilines is 2. The van der Waals surface area contributed by atoms with Crippen molar-refractivity contribution < 1.29 is 4.79 Å². The highest BCUT2D eigenvalue weighted by molar-refractivity contribution is 5.78. The standard InChI is InChI=1S/C23H31N5O/c1-18-14-20(26-22-9-3-4-10-24-22)15-21(25-18)19-8-7-11-27(16-19)17-23(29)28-12-5-2-6-13-28/h3-4,9-10,14-15,19H,2,5-8,11-13,16-17H2,1H3,(H,24,25,26). The van der Waals surface area contributed by atoms with Crippen molar-refractivity contribution in [3.05, 3.63) is 47.9 Å². The molecule has 29 heavy (non-hydrogen) atoms. The average molecular weight is 394 g/mol. The van der Waals surface area contributed by atoms with Crippen LogP contribution in [0.15, 0.2) is 36.5 Å². The summed E-state index contributed by atoms with van der Waals surface area (Å²) < 4.78 is 0. The smallest absolute Gasteiger partial charge is 0.236 e. The van der Waals surface area contributed by atoms with Crippen LogP contribution in [0.3, 0.4) is 0 Å². The third kappa shape index (κ3) is 5.32. The van der Waals surface area contributed by atoms with Gasteiger partial charge in [-0.25, -0.2) is 4.98 Å². The summed E-state index contributed by atoms with van der Waals surface area (Å²) in [6.07, 6.45) is 7.56. The molecule has 4 rings (SSSR count). The lowest BCUT2D eigenvalue weighted by Gasteiger charge is -2.34. The molecule has 154 valence electrons. The van der Waals surface area contributed by atoms with Crippen LogP contribution >= 0.6 is 0 Å². The maximum atomic E-state index is 12.7. The van der Waals surface area contributed by atoms with Crippen LogP contribution in [-0.2, 0) is 4.79 Å². The normalized spacial score (nSPS) is 20.4. The van der Waals surface area contributed by atoms with Crippen molar-refractivity contribution >= 4 is 17.4 Å². The predicted molar refractivity (Wildman–Crippen MR) is 115 cm³/mol. The van der Waals surface area contributed by atoms with Crippen LogP contribution < -0.4 is 5.32 Å². The molecule has 2 aliphatic heterocycles. The van der Waals surface area contributed by atoms with Gasteiger partial charge in [-0.05, 0) is 69.8 Å². The molecular formula is C23H31N5O. The Morgan fingerprint density at radius 3 is 2.79 bits per heavy atom. The molecule has 2 aromatic heterocycles. The van der Waals surface area contributed by atoms with E-state index in [0.717, 1.165) is 74.8 Å². The Kier molecular flexibility index (Phi) is 6.39. The van der Waals surface area contributed by atoms with E-state index >= 15 is 0 Å². The molecule has 4 heterocycles. The molecule has 0 spiro atoms. The second kappa shape index (κ2) is 9.35. The molecule has 0 aliphatic carbocycles. The van der Waals surface area contributed by atoms with Gasteiger partial charge >= 0.3 is 0 Å². The molecule has 1 atom stereocenters. The summed E-state index contributed by atoms with van der Waals surface area (Å²) in [7, 11) is 0. The average Bonchev–Trinajstić information content (AvgIpc) is 2.75. The number of amides is 1. The molecule has 1 unspecified atom stereocenters. The first-order valence-electron chi connectivity index (χ1n) is 10.8. The maximum Gasteiger partial charge on any atom is 0.236 e. The number of likely N-dealkylation sites (tertiary alicyclic amines) is 2. The van der Waals surface area contributed by atoms with E-state index in [1.807, 2.05) is 30.0 Å². The van der Waals surface area contributed by atoms with E-state index in [2.05, 4.69) is 27.3 Å². The fourth-order valence-corrected chi connectivity index (χ4v) is 4.44. The molecule has 0 aromatic carbocycles. The van der Waals surface area contributed by atoms with Gasteiger partial charge in [0.1, 0.15) is 5.82 Å². The first-order chi connectivity index (χ1) is 14.2. The van der Waals surface area contributed by atoms with Crippen molar-refractivity contribution in [1.29, 1.82) is 0 Å². The van der Waals surface area contributed by atoms with Gasteiger partial charge in [0.15, 0.2) is 0 Å². The van der Waals surface area contributed by atoms with Gasteiger partial charge in [-0.1, -0.05) is 6.07 Å². The fraction of sp³-hybridized carbons (Fsp3) is 0.522. The Balaban J connectivity index is 1.41. The number of piperidine rings is 2. The maximum absolute atomic E-state index is 12.7. The summed E-state index contributed by atoms with van der Waals surface area (Å²) in [5.41, 5.74) is 3.13. The zero-order valence-electron chi connectivity index (χ0n) is 17.3. The fourth-order valence-electron chi connectivity index (χ4n) is 4.44. The van der Waals surface area contributed by atoms with E-state index < -0.39 is 0 Å². The van der Waals surface area contributed by atoms with Crippen LogP contribution in [0.25, 0.3) is 0 Å². The van der Waals surface area contributed by atoms with E-state index in [0.29, 0.717) is 18.4 Å². The Morgan fingerprint density at radius 1 is 1.14 bits per heavy atom. The zero-order chi connectivity index (χ0) is 20.1. The number of nitrogens with zero attached hydrogens (tertiary/aromatic N) is 4. The first kappa shape index (κ1) is 19.8. The molecule has 1 N–H and O–H groups in total. The molecule has 0 saturated carbocycles. The second-order valence-corrected chi connectivity index (χ2v) is 8.28. The topological polar surface area (TPSA) is 61.4 Å². The van der Waals surface area contributed by atoms with Gasteiger partial charge in [0.2, 0.25) is 5.91 Å². The lowest BCUT2D eigenvalue weighted by molar-refractivity contribution is -0.133. The summed E-state index contributed by atoms with van der Waals surface area (Å²) in [5, 5.41) is 3.39. The van der Waals surface area contributed by atoms with Gasteiger partial charge in [-0.3, -0.25) is 14.7 Å². The molecule has 2 aliphatic rings. The minimum absolute atomic E-state index is 0.292. The minimum atomic E-state index is 0.292. The number of aromatic nitrogens is 2. The van der Waals surface area contributed by atoms with Crippen LogP contribution in [0.4, 0.5) is 11.5 Å². The van der Waals surface area contributed by atoms with Crippen molar-refractivity contribution in [2.24, 2.45) is 0 Å². The first-order valence-corrected chi connectivity index (χ1v) is 10.8. The van der Waals surface area contributed by atoms with Gasteiger partial charge in [0, 0.05) is 48.8 Å². The number of aryl methyl sites for hydroxylation is 1. The number of rotatable bonds is 5. The molecule has 0 radical (unpaired) electrons. The lowest BCUT2D eigenvalue weighted by atomic mass is 9.93. The van der Waals surface area contributed by atoms with E-state index in [1.54, 1.807) is 6.20 Å². The highest BCUT2D eigenvalue weighted by atomic mass is 16.2. The van der Waals surface area contributed by atoms with Crippen LogP contribution in [0.5, 0.6) is 0 Å². The third-order valence-corrected chi connectivity index (χ3v) is 5.90. The summed E-state index contributed by atoms with van der Waals surface area (Å²) in [6, 6.07) is 10.0. The highest BCUT2D eigenvalue weighted by Gasteiger charge is 2.26. The van der Waals surface area contributed by atoms with Crippen molar-refractivity contribution in [2.45, 2.75) is 44.9 Å². The van der Waals surface area contributed by atoms with Crippen molar-refractivity contribution in [3.63, 3.8) is 0 Å². The second-order valence-electron chi connectivity index (χ2n) is 8.28. The van der Waals surface area contributed by atoms with Crippen LogP contribution in [-0.4, -0.2) is 58.4 Å². The van der Waals surface area contributed by atoms with E-state index in [9.17, 15) is 4.79 Å². The van der Waals surface area contributed by atoms with Gasteiger partial charge < -0.3 is 10.2 Å². The number of pyridine rings is 2. The minimum Gasteiger partial charge on any atom is -0.342 e. The number of hydrogen-bond acceptors (Lipinski definition) is 5. The molecule has 1 amide bonds. The quantitative estimate of drug-likeness (QED) is 0.839. The molecule has 0 bridgehead atoms. The van der Waals surface area contributed by atoms with Gasteiger partial charge in [0.25, 0.3) is 0 Å². The van der Waals surface area contributed by atoms with Gasteiger partial charge in [-0.15, -0.1) is 0 Å². The Morgan fingerprint density at radius 2 is 2.00 bits per heavy atom. The zero-order valence-corrected chi connectivity index (χ0v) is 17.3. The Hall–Kier alpha value is -2.47. The van der Waals surface area contributed by atoms with Gasteiger partial charge in [0.05, 0.1) is 6.54 Å². The highest BCUT2D eigenvalue weighted by Crippen LogP contribution is 2.28. The van der Waals surface area contributed by atoms with E-state index in [4.69, 9.17) is 4.98 Å². The number of carbonyl (C=O) groups excluding carboxylic acids is 1. The van der Waals surface area contributed by atoms with Crippen LogP contribution in [0, 0.1) is 6.92 Å². The summed E-state index contributed by atoms with van der Waals surface area (Å²) in [4.78, 5) is 26.2. The van der Waals surface area contributed by atoms with E-state index in [1.165, 1.54) is 6.42 Å². The lowest BCUT2D eigenvalue weighted by Crippen LogP contribution is -2.45. The number of carbonyl (C=O) groups is 1. The summed E-state index contributed by atoms with van der Waals surface area (Å²) in [6.45, 7) is 6.34. The number of hydrogen-bond donors (Lipinski definition) is 1. The molecule has 6 heteroatoms. The van der Waals surface area contributed by atoms with Crippen molar-refractivity contribution in [2.75, 3.05) is 38.0 Å². The Labute approximate surface area is 173 Å². The summed E-state index contributed by atoms with van der Waals surface area (Å²) >= 11 is 0. The number of nitrogens with one attached hydrogen (secondary N) is 1. The molecule has 2 fully saturated rings. The molecule has 2 saturated heterocycles. The third-order valence-electron chi connectivity index (χ3n) is 5.90. The molecule has 6 nitrogen and oxygen atoms in total. The SMILES string of the molecule is Cc1cc(Nc2ccccn2)cc(C2CCCN(CC(=O)N3CCCCC3)C2)n1. The van der Waals surface area contributed by atoms with E-state index in [-0.39, 0.29) is 0 Å². The van der Waals surface area contributed by atoms with Crippen LogP contribution in [0.2, 0.25) is 0 Å². The monoisotopic (exact) mass is 393 g/mol. The molecule has 2 aromatic rings. The Bertz CT molecular complexity index is 819. The summed E-state index contributed by atoms with van der Waals surface area (Å²) in [5.74, 6) is 1.49. The predicted octanol–water partition coefficient (Wildman–Crippen LogP) is 3.72. The van der Waals surface area contributed by atoms with Crippen molar-refractivity contribution in [3.8, 4) is 0 Å². The van der Waals surface area contributed by atoms with Crippen molar-refractivity contribution in [1.82, 2.24) is 19.8 Å².